The van der Waals surface area contributed by atoms with Crippen LogP contribution in [0.15, 0.2) is 40.2 Å². The van der Waals surface area contributed by atoms with E-state index in [-0.39, 0.29) is 42.2 Å². The van der Waals surface area contributed by atoms with Crippen molar-refractivity contribution >= 4 is 45.7 Å². The van der Waals surface area contributed by atoms with Gasteiger partial charge >= 0.3 is 0 Å². The highest BCUT2D eigenvalue weighted by molar-refractivity contribution is 14.0. The van der Waals surface area contributed by atoms with Crippen LogP contribution in [0.3, 0.4) is 0 Å². The summed E-state index contributed by atoms with van der Waals surface area (Å²) in [6.07, 6.45) is 2.42. The molecule has 0 bridgehead atoms. The first kappa shape index (κ1) is 24.7. The molecule has 1 amide bonds. The van der Waals surface area contributed by atoms with Crippen molar-refractivity contribution < 1.29 is 13.2 Å². The zero-order valence-electron chi connectivity index (χ0n) is 16.6. The Labute approximate surface area is 185 Å². The van der Waals surface area contributed by atoms with Gasteiger partial charge in [-0.05, 0) is 37.8 Å². The maximum Gasteiger partial charge on any atom is 0.220 e. The van der Waals surface area contributed by atoms with Gasteiger partial charge in [0.25, 0.3) is 0 Å². The number of halogens is 1. The third-order valence-electron chi connectivity index (χ3n) is 4.73. The summed E-state index contributed by atoms with van der Waals surface area (Å²) in [5.74, 6) is 1.21. The van der Waals surface area contributed by atoms with Gasteiger partial charge in [0, 0.05) is 33.1 Å². The third kappa shape index (κ3) is 7.57. The molecule has 1 aliphatic rings. The van der Waals surface area contributed by atoms with Crippen LogP contribution in [0.1, 0.15) is 26.2 Å². The third-order valence-corrected chi connectivity index (χ3v) is 6.44. The van der Waals surface area contributed by atoms with E-state index >= 15 is 0 Å². The molecule has 0 aliphatic carbocycles. The van der Waals surface area contributed by atoms with Gasteiger partial charge in [-0.15, -0.1) is 24.0 Å². The molecule has 2 N–H and O–H groups in total. The molecule has 0 radical (unpaired) electrons. The van der Waals surface area contributed by atoms with Crippen molar-refractivity contribution in [3.8, 4) is 0 Å². The molecule has 1 aliphatic heterocycles. The Morgan fingerprint density at radius 1 is 1.21 bits per heavy atom. The van der Waals surface area contributed by atoms with Gasteiger partial charge in [0.05, 0.1) is 17.2 Å². The number of carbonyl (C=O) groups excluding carboxylic acids is 1. The fourth-order valence-electron chi connectivity index (χ4n) is 3.16. The van der Waals surface area contributed by atoms with Crippen LogP contribution in [0.4, 0.5) is 0 Å². The van der Waals surface area contributed by atoms with Gasteiger partial charge in [-0.2, -0.15) is 0 Å². The SMILES string of the molecule is CCNC(=NCCS(=O)(=O)c1ccccc1)N1CCC(CC(=O)NC)CC1.I. The minimum atomic E-state index is -3.32. The Bertz CT molecular complexity index is 733. The molecule has 2 rings (SSSR count). The van der Waals surface area contributed by atoms with Gasteiger partial charge in [-0.25, -0.2) is 8.42 Å². The molecule has 7 nitrogen and oxygen atoms in total. The number of piperidine rings is 1. The largest absolute Gasteiger partial charge is 0.359 e. The number of nitrogens with one attached hydrogen (secondary N) is 2. The van der Waals surface area contributed by atoms with E-state index < -0.39 is 9.84 Å². The number of guanidine groups is 1. The number of amides is 1. The van der Waals surface area contributed by atoms with Crippen LogP contribution in [-0.2, 0) is 14.6 Å². The second-order valence-electron chi connectivity index (χ2n) is 6.68. The summed E-state index contributed by atoms with van der Waals surface area (Å²) in [6, 6.07) is 8.48. The minimum absolute atomic E-state index is 0. The van der Waals surface area contributed by atoms with Crippen molar-refractivity contribution in [1.82, 2.24) is 15.5 Å². The predicted molar refractivity (Wildman–Crippen MR) is 123 cm³/mol. The number of likely N-dealkylation sites (tertiary alicyclic amines) is 1. The van der Waals surface area contributed by atoms with Crippen molar-refractivity contribution in [3.63, 3.8) is 0 Å². The van der Waals surface area contributed by atoms with E-state index in [0.29, 0.717) is 17.2 Å². The first-order chi connectivity index (χ1) is 13.0. The molecule has 1 aromatic rings. The highest BCUT2D eigenvalue weighted by Crippen LogP contribution is 2.20. The molecule has 0 unspecified atom stereocenters. The number of carbonyl (C=O) groups is 1. The average molecular weight is 522 g/mol. The lowest BCUT2D eigenvalue weighted by atomic mass is 9.93. The number of sulfone groups is 1. The summed E-state index contributed by atoms with van der Waals surface area (Å²) in [7, 11) is -1.66. The van der Waals surface area contributed by atoms with Crippen LogP contribution in [-0.4, -0.2) is 64.2 Å². The topological polar surface area (TPSA) is 90.9 Å². The Morgan fingerprint density at radius 3 is 2.43 bits per heavy atom. The van der Waals surface area contributed by atoms with Gasteiger partial charge < -0.3 is 15.5 Å². The van der Waals surface area contributed by atoms with Crippen LogP contribution < -0.4 is 10.6 Å². The smallest absolute Gasteiger partial charge is 0.220 e. The van der Waals surface area contributed by atoms with Crippen molar-refractivity contribution in [2.75, 3.05) is 39.0 Å². The molecule has 0 aromatic heterocycles. The number of hydrogen-bond donors (Lipinski definition) is 2. The van der Waals surface area contributed by atoms with Crippen LogP contribution >= 0.6 is 24.0 Å². The van der Waals surface area contributed by atoms with Crippen LogP contribution in [0.2, 0.25) is 0 Å². The van der Waals surface area contributed by atoms with Crippen molar-refractivity contribution in [2.45, 2.75) is 31.1 Å². The van der Waals surface area contributed by atoms with Crippen molar-refractivity contribution in [3.05, 3.63) is 30.3 Å². The molecular weight excluding hydrogens is 491 g/mol. The fraction of sp³-hybridized carbons (Fsp3) is 0.579. The highest BCUT2D eigenvalue weighted by atomic mass is 127. The van der Waals surface area contributed by atoms with Crippen LogP contribution in [0.5, 0.6) is 0 Å². The number of aliphatic imine (C=N–C) groups is 1. The molecule has 0 atom stereocenters. The van der Waals surface area contributed by atoms with E-state index in [0.717, 1.165) is 38.4 Å². The molecular formula is C19H31IN4O3S. The first-order valence-corrected chi connectivity index (χ1v) is 11.1. The summed E-state index contributed by atoms with van der Waals surface area (Å²) < 4.78 is 24.8. The Hall–Kier alpha value is -1.36. The molecule has 158 valence electrons. The van der Waals surface area contributed by atoms with Crippen LogP contribution in [0, 0.1) is 5.92 Å². The zero-order chi connectivity index (χ0) is 19.7. The first-order valence-electron chi connectivity index (χ1n) is 9.48. The van der Waals surface area contributed by atoms with E-state index in [4.69, 9.17) is 0 Å². The van der Waals surface area contributed by atoms with Crippen molar-refractivity contribution in [1.29, 1.82) is 0 Å². The lowest BCUT2D eigenvalue weighted by Gasteiger charge is -2.34. The summed E-state index contributed by atoms with van der Waals surface area (Å²) >= 11 is 0. The van der Waals surface area contributed by atoms with Crippen molar-refractivity contribution in [2.24, 2.45) is 10.9 Å². The maximum absolute atomic E-state index is 12.4. The minimum Gasteiger partial charge on any atom is -0.359 e. The van der Waals surface area contributed by atoms with Gasteiger partial charge in [0.2, 0.25) is 5.91 Å². The van der Waals surface area contributed by atoms with Gasteiger partial charge in [-0.1, -0.05) is 18.2 Å². The second-order valence-corrected chi connectivity index (χ2v) is 8.78. The molecule has 0 spiro atoms. The molecule has 28 heavy (non-hydrogen) atoms. The Morgan fingerprint density at radius 2 is 1.86 bits per heavy atom. The summed E-state index contributed by atoms with van der Waals surface area (Å²) in [5, 5.41) is 5.92. The lowest BCUT2D eigenvalue weighted by molar-refractivity contribution is -0.121. The van der Waals surface area contributed by atoms with Gasteiger partial charge in [0.1, 0.15) is 0 Å². The summed E-state index contributed by atoms with van der Waals surface area (Å²) in [6.45, 7) is 4.58. The maximum atomic E-state index is 12.4. The van der Waals surface area contributed by atoms with Crippen LogP contribution in [0.25, 0.3) is 0 Å². The van der Waals surface area contributed by atoms with Gasteiger partial charge in [0.15, 0.2) is 15.8 Å². The van der Waals surface area contributed by atoms with E-state index in [1.165, 1.54) is 0 Å². The highest BCUT2D eigenvalue weighted by Gasteiger charge is 2.23. The molecule has 0 saturated carbocycles. The van der Waals surface area contributed by atoms with E-state index in [9.17, 15) is 13.2 Å². The average Bonchev–Trinajstić information content (AvgIpc) is 2.68. The second kappa shape index (κ2) is 12.3. The number of nitrogens with zero attached hydrogens (tertiary/aromatic N) is 2. The Balaban J connectivity index is 0.00000392. The normalized spacial score (nSPS) is 15.6. The zero-order valence-corrected chi connectivity index (χ0v) is 19.7. The molecule has 1 fully saturated rings. The lowest BCUT2D eigenvalue weighted by Crippen LogP contribution is -2.46. The monoisotopic (exact) mass is 522 g/mol. The molecule has 9 heteroatoms. The molecule has 1 heterocycles. The van der Waals surface area contributed by atoms with E-state index in [1.807, 2.05) is 6.92 Å². The molecule has 1 saturated heterocycles. The quantitative estimate of drug-likeness (QED) is 0.325. The Kier molecular flexibility index (Phi) is 10.8. The fourth-order valence-corrected chi connectivity index (χ4v) is 4.30. The number of benzene rings is 1. The van der Waals surface area contributed by atoms with E-state index in [1.54, 1.807) is 37.4 Å². The standard InChI is InChI=1S/C19H30N4O3S.HI/c1-3-21-19(23-12-9-16(10-13-23)15-18(24)20-2)22-11-14-27(25,26)17-7-5-4-6-8-17;/h4-8,16H,3,9-15H2,1-2H3,(H,20,24)(H,21,22);1H. The number of hydrogen-bond acceptors (Lipinski definition) is 4. The number of rotatable bonds is 7. The van der Waals surface area contributed by atoms with Gasteiger partial charge in [-0.3, -0.25) is 9.79 Å². The summed E-state index contributed by atoms with van der Waals surface area (Å²) in [4.78, 5) is 18.5. The molecule has 1 aromatic carbocycles. The van der Waals surface area contributed by atoms with E-state index in [2.05, 4.69) is 20.5 Å². The predicted octanol–water partition coefficient (Wildman–Crippen LogP) is 1.89. The summed E-state index contributed by atoms with van der Waals surface area (Å²) in [5.41, 5.74) is 0.